The summed E-state index contributed by atoms with van der Waals surface area (Å²) in [5, 5.41) is -0.347. The Morgan fingerprint density at radius 3 is 1.45 bits per heavy atom. The molecular weight excluding hydrogens is 504 g/mol. The van der Waals surface area contributed by atoms with Gasteiger partial charge in [0, 0.05) is 34.3 Å². The van der Waals surface area contributed by atoms with Crippen molar-refractivity contribution in [3.05, 3.63) is 0 Å². The SMILES string of the molecule is CC(C)(C)CC1CC(=O)N(CC(=O)C(C)(C)C)C1=O.CC(C)(C)SC1CC(=O)N(CC(=O)C(C)(C)C)C1=O. The van der Waals surface area contributed by atoms with E-state index in [1.807, 2.05) is 41.5 Å². The van der Waals surface area contributed by atoms with Gasteiger partial charge in [0.2, 0.25) is 23.6 Å². The topological polar surface area (TPSA) is 109 Å². The average molecular weight is 553 g/mol. The maximum absolute atomic E-state index is 12.2. The van der Waals surface area contributed by atoms with Crippen molar-refractivity contribution in [1.29, 1.82) is 0 Å². The summed E-state index contributed by atoms with van der Waals surface area (Å²) >= 11 is 1.49. The van der Waals surface area contributed by atoms with Crippen molar-refractivity contribution in [2.75, 3.05) is 13.1 Å². The van der Waals surface area contributed by atoms with Gasteiger partial charge in [-0.3, -0.25) is 38.6 Å². The van der Waals surface area contributed by atoms with E-state index < -0.39 is 10.8 Å². The van der Waals surface area contributed by atoms with Crippen LogP contribution in [0, 0.1) is 22.2 Å². The second-order valence-electron chi connectivity index (χ2n) is 14.6. The molecule has 8 nitrogen and oxygen atoms in total. The molecule has 2 aliphatic rings. The number of rotatable bonds is 6. The number of Topliss-reactive ketones (excluding diaryl/α,β-unsaturated/α-hetero) is 2. The molecule has 0 N–H and O–H groups in total. The van der Waals surface area contributed by atoms with Crippen LogP contribution in [0.5, 0.6) is 0 Å². The van der Waals surface area contributed by atoms with Crippen LogP contribution in [0.4, 0.5) is 0 Å². The van der Waals surface area contributed by atoms with Crippen LogP contribution in [-0.4, -0.2) is 68.1 Å². The van der Waals surface area contributed by atoms with Crippen LogP contribution in [-0.2, 0) is 28.8 Å². The van der Waals surface area contributed by atoms with Crippen molar-refractivity contribution in [2.45, 2.75) is 112 Å². The van der Waals surface area contributed by atoms with Crippen molar-refractivity contribution >= 4 is 47.0 Å². The summed E-state index contributed by atoms with van der Waals surface area (Å²) in [5.41, 5.74) is -1.05. The first kappa shape index (κ1) is 34.0. The number of carbonyl (C=O) groups is 6. The van der Waals surface area contributed by atoms with Crippen LogP contribution in [0.15, 0.2) is 0 Å². The normalized spacial score (nSPS) is 21.2. The number of carbonyl (C=O) groups excluding carboxylic acids is 6. The van der Waals surface area contributed by atoms with Crippen molar-refractivity contribution < 1.29 is 28.8 Å². The molecule has 0 aromatic carbocycles. The zero-order chi connectivity index (χ0) is 30.0. The maximum Gasteiger partial charge on any atom is 0.243 e. The molecule has 216 valence electrons. The number of amides is 4. The number of thioether (sulfide) groups is 1. The van der Waals surface area contributed by atoms with Crippen LogP contribution in [0.2, 0.25) is 0 Å². The summed E-state index contributed by atoms with van der Waals surface area (Å²) < 4.78 is -0.0787. The van der Waals surface area contributed by atoms with Gasteiger partial charge in [0.25, 0.3) is 0 Å². The summed E-state index contributed by atoms with van der Waals surface area (Å²) in [6.07, 6.45) is 1.13. The van der Waals surface area contributed by atoms with Crippen LogP contribution >= 0.6 is 11.8 Å². The number of nitrogens with zero attached hydrogens (tertiary/aromatic N) is 2. The lowest BCUT2D eigenvalue weighted by molar-refractivity contribution is -0.144. The number of likely N-dealkylation sites (tertiary alicyclic amines) is 2. The Kier molecular flexibility index (Phi) is 10.7. The summed E-state index contributed by atoms with van der Waals surface area (Å²) in [6.45, 7) is 22.8. The van der Waals surface area contributed by atoms with Crippen LogP contribution in [0.1, 0.15) is 102 Å². The van der Waals surface area contributed by atoms with Crippen LogP contribution in [0.25, 0.3) is 0 Å². The molecule has 2 fully saturated rings. The van der Waals surface area contributed by atoms with E-state index in [1.165, 1.54) is 11.8 Å². The summed E-state index contributed by atoms with van der Waals surface area (Å²) in [7, 11) is 0. The van der Waals surface area contributed by atoms with Gasteiger partial charge in [-0.15, -0.1) is 11.8 Å². The van der Waals surface area contributed by atoms with Gasteiger partial charge in [0.1, 0.15) is 0 Å². The Morgan fingerprint density at radius 1 is 0.684 bits per heavy atom. The largest absolute Gasteiger partial charge is 0.297 e. The zero-order valence-corrected chi connectivity index (χ0v) is 26.3. The lowest BCUT2D eigenvalue weighted by Gasteiger charge is -2.23. The quantitative estimate of drug-likeness (QED) is 0.440. The fourth-order valence-corrected chi connectivity index (χ4v) is 5.22. The molecule has 0 aromatic heterocycles. The monoisotopic (exact) mass is 552 g/mol. The minimum absolute atomic E-state index is 0.00462. The van der Waals surface area contributed by atoms with E-state index >= 15 is 0 Å². The number of ketones is 2. The second kappa shape index (κ2) is 12.0. The molecule has 2 heterocycles. The standard InChI is InChI=1S/C15H25NO3.C14H23NO3S/c1-14(2,3)8-10-7-12(18)16(13(10)19)9-11(17)15(4,5)6;1-13(2,3)10(16)8-15-11(17)7-9(12(15)18)19-14(4,5)6/h10H,7-9H2,1-6H3;9H,7-8H2,1-6H3. The van der Waals surface area contributed by atoms with Gasteiger partial charge in [-0.05, 0) is 11.8 Å². The van der Waals surface area contributed by atoms with Gasteiger partial charge >= 0.3 is 0 Å². The average Bonchev–Trinajstić information content (AvgIpc) is 3.08. The molecule has 2 unspecified atom stereocenters. The first-order chi connectivity index (χ1) is 16.8. The number of imide groups is 2. The molecule has 0 bridgehead atoms. The van der Waals surface area contributed by atoms with Crippen LogP contribution in [0.3, 0.4) is 0 Å². The molecule has 2 atom stereocenters. The van der Waals surface area contributed by atoms with Gasteiger partial charge < -0.3 is 0 Å². The van der Waals surface area contributed by atoms with Crippen molar-refractivity contribution in [3.63, 3.8) is 0 Å². The van der Waals surface area contributed by atoms with Gasteiger partial charge in [-0.25, -0.2) is 0 Å². The van der Waals surface area contributed by atoms with E-state index in [-0.39, 0.29) is 82.5 Å². The highest BCUT2D eigenvalue weighted by molar-refractivity contribution is 8.01. The molecule has 38 heavy (non-hydrogen) atoms. The fraction of sp³-hybridized carbons (Fsp3) is 0.793. The molecule has 0 aliphatic carbocycles. The first-order valence-electron chi connectivity index (χ1n) is 13.3. The molecule has 0 radical (unpaired) electrons. The van der Waals surface area contributed by atoms with Crippen LogP contribution < -0.4 is 0 Å². The third-order valence-corrected chi connectivity index (χ3v) is 7.53. The summed E-state index contributed by atoms with van der Waals surface area (Å²) in [4.78, 5) is 74.3. The highest BCUT2D eigenvalue weighted by Crippen LogP contribution is 2.35. The lowest BCUT2D eigenvalue weighted by Crippen LogP contribution is -2.40. The van der Waals surface area contributed by atoms with Gasteiger partial charge in [0.05, 0.1) is 18.3 Å². The van der Waals surface area contributed by atoms with E-state index in [0.717, 1.165) is 9.80 Å². The third kappa shape index (κ3) is 10.3. The first-order valence-corrected chi connectivity index (χ1v) is 14.1. The minimum Gasteiger partial charge on any atom is -0.297 e. The third-order valence-electron chi connectivity index (χ3n) is 6.17. The van der Waals surface area contributed by atoms with Gasteiger partial charge in [0.15, 0.2) is 11.6 Å². The highest BCUT2D eigenvalue weighted by Gasteiger charge is 2.43. The van der Waals surface area contributed by atoms with Crippen molar-refractivity contribution in [2.24, 2.45) is 22.2 Å². The molecule has 9 heteroatoms. The Morgan fingerprint density at radius 2 is 1.08 bits per heavy atom. The zero-order valence-electron chi connectivity index (χ0n) is 25.4. The lowest BCUT2D eigenvalue weighted by atomic mass is 9.84. The highest BCUT2D eigenvalue weighted by atomic mass is 32.2. The Labute approximate surface area is 233 Å². The van der Waals surface area contributed by atoms with Crippen molar-refractivity contribution in [3.8, 4) is 0 Å². The maximum atomic E-state index is 12.2. The number of hydrogen-bond donors (Lipinski definition) is 0. The summed E-state index contributed by atoms with van der Waals surface area (Å²) in [6, 6.07) is 0. The molecule has 4 amide bonds. The second-order valence-corrected chi connectivity index (χ2v) is 16.6. The molecule has 2 saturated heterocycles. The number of hydrogen-bond acceptors (Lipinski definition) is 7. The van der Waals surface area contributed by atoms with E-state index in [9.17, 15) is 28.8 Å². The van der Waals surface area contributed by atoms with E-state index in [4.69, 9.17) is 0 Å². The van der Waals surface area contributed by atoms with Crippen molar-refractivity contribution in [1.82, 2.24) is 9.80 Å². The molecule has 2 rings (SSSR count). The molecular formula is C29H48N2O6S. The predicted molar refractivity (Wildman–Crippen MR) is 150 cm³/mol. The van der Waals surface area contributed by atoms with Gasteiger partial charge in [-0.2, -0.15) is 0 Å². The minimum atomic E-state index is -0.532. The Hall–Kier alpha value is -2.03. The van der Waals surface area contributed by atoms with Gasteiger partial charge in [-0.1, -0.05) is 83.1 Å². The smallest absolute Gasteiger partial charge is 0.243 e. The molecule has 0 aromatic rings. The Balaban J connectivity index is 0.000000380. The molecule has 0 saturated carbocycles. The fourth-order valence-electron chi connectivity index (χ4n) is 3.92. The molecule has 0 spiro atoms. The summed E-state index contributed by atoms with van der Waals surface area (Å²) in [5.74, 6) is -1.28. The van der Waals surface area contributed by atoms with E-state index in [1.54, 1.807) is 41.5 Å². The Bertz CT molecular complexity index is 882. The van der Waals surface area contributed by atoms with E-state index in [0.29, 0.717) is 6.42 Å². The molecule has 2 aliphatic heterocycles. The predicted octanol–water partition coefficient (Wildman–Crippen LogP) is 4.67. The van der Waals surface area contributed by atoms with E-state index in [2.05, 4.69) is 0 Å².